The van der Waals surface area contributed by atoms with E-state index < -0.39 is 16.1 Å². The summed E-state index contributed by atoms with van der Waals surface area (Å²) in [7, 11) is -3.35. The van der Waals surface area contributed by atoms with Gasteiger partial charge in [-0.05, 0) is 17.0 Å². The van der Waals surface area contributed by atoms with Crippen LogP contribution in [0.1, 0.15) is 11.7 Å². The highest BCUT2D eigenvalue weighted by Crippen LogP contribution is 2.20. The van der Waals surface area contributed by atoms with E-state index in [9.17, 15) is 13.5 Å². The van der Waals surface area contributed by atoms with E-state index in [1.807, 2.05) is 30.3 Å². The summed E-state index contributed by atoms with van der Waals surface area (Å²) in [5.41, 5.74) is 0.911. The lowest BCUT2D eigenvalue weighted by atomic mass is 10.1. The number of aliphatic hydroxyl groups is 1. The van der Waals surface area contributed by atoms with E-state index in [2.05, 4.69) is 0 Å². The number of nitrogens with zero attached hydrogens (tertiary/aromatic N) is 1. The molecule has 2 heterocycles. The zero-order valence-corrected chi connectivity index (χ0v) is 14.4. The fraction of sp³-hybridized carbons (Fsp3) is 0.375. The van der Waals surface area contributed by atoms with Crippen molar-refractivity contribution in [3.05, 3.63) is 53.4 Å². The molecule has 0 aliphatic carbocycles. The van der Waals surface area contributed by atoms with Gasteiger partial charge in [0.05, 0.1) is 26.2 Å². The number of quaternary nitrogens is 1. The van der Waals surface area contributed by atoms with E-state index in [0.29, 0.717) is 36.9 Å². The molecule has 0 unspecified atom stereocenters. The normalized spacial score (nSPS) is 18.8. The first-order valence-corrected chi connectivity index (χ1v) is 9.99. The van der Waals surface area contributed by atoms with Crippen LogP contribution in [-0.2, 0) is 10.0 Å². The van der Waals surface area contributed by atoms with Gasteiger partial charge in [-0.2, -0.15) is 4.31 Å². The Hall–Kier alpha value is -1.25. The minimum Gasteiger partial charge on any atom is -0.382 e. The lowest BCUT2D eigenvalue weighted by molar-refractivity contribution is -0.907. The summed E-state index contributed by atoms with van der Waals surface area (Å²) in [6.45, 7) is 3.04. The highest BCUT2D eigenvalue weighted by atomic mass is 32.2. The third-order valence-electron chi connectivity index (χ3n) is 4.19. The van der Waals surface area contributed by atoms with Gasteiger partial charge in [0.2, 0.25) is 0 Å². The third kappa shape index (κ3) is 3.81. The van der Waals surface area contributed by atoms with Gasteiger partial charge in [-0.15, -0.1) is 11.3 Å². The molecule has 1 aliphatic heterocycles. The van der Waals surface area contributed by atoms with Crippen molar-refractivity contribution in [1.82, 2.24) is 4.31 Å². The maximum absolute atomic E-state index is 12.5. The van der Waals surface area contributed by atoms with Crippen LogP contribution in [0.15, 0.2) is 52.1 Å². The SMILES string of the molecule is O=S(=O)(c1cccs1)N1CC[NH+](C[C@@H](O)c2ccccc2)CC1. The second-order valence-electron chi connectivity index (χ2n) is 5.72. The number of sulfonamides is 1. The highest BCUT2D eigenvalue weighted by Gasteiger charge is 2.31. The smallest absolute Gasteiger partial charge is 0.252 e. The van der Waals surface area contributed by atoms with Gasteiger partial charge >= 0.3 is 0 Å². The number of hydrogen-bond donors (Lipinski definition) is 2. The Kier molecular flexibility index (Phi) is 5.13. The number of piperazine rings is 1. The molecule has 0 radical (unpaired) electrons. The van der Waals surface area contributed by atoms with Crippen LogP contribution in [0.25, 0.3) is 0 Å². The van der Waals surface area contributed by atoms with E-state index in [-0.39, 0.29) is 0 Å². The Bertz CT molecular complexity index is 709. The van der Waals surface area contributed by atoms with Crippen molar-refractivity contribution < 1.29 is 18.4 Å². The zero-order valence-electron chi connectivity index (χ0n) is 12.8. The molecule has 0 spiro atoms. The molecular formula is C16H21N2O3S2+. The van der Waals surface area contributed by atoms with Crippen LogP contribution in [0.2, 0.25) is 0 Å². The second-order valence-corrected chi connectivity index (χ2v) is 8.83. The molecule has 0 bridgehead atoms. The van der Waals surface area contributed by atoms with Crippen molar-refractivity contribution in [2.24, 2.45) is 0 Å². The standard InChI is InChI=1S/C16H20N2O3S2/c19-15(14-5-2-1-3-6-14)13-17-8-10-18(11-9-17)23(20,21)16-7-4-12-22-16/h1-7,12,15,19H,8-11,13H2/p+1/t15-/m1/s1. The first kappa shape index (κ1) is 16.6. The Morgan fingerprint density at radius 2 is 1.83 bits per heavy atom. The Balaban J connectivity index is 1.57. The van der Waals surface area contributed by atoms with Crippen LogP contribution in [0, 0.1) is 0 Å². The van der Waals surface area contributed by atoms with Crippen molar-refractivity contribution in [2.75, 3.05) is 32.7 Å². The minimum absolute atomic E-state index is 0.408. The molecule has 1 aromatic carbocycles. The average Bonchev–Trinajstić information content (AvgIpc) is 3.11. The lowest BCUT2D eigenvalue weighted by Gasteiger charge is -2.32. The van der Waals surface area contributed by atoms with E-state index >= 15 is 0 Å². The quantitative estimate of drug-likeness (QED) is 0.817. The number of nitrogens with one attached hydrogen (secondary N) is 1. The highest BCUT2D eigenvalue weighted by molar-refractivity contribution is 7.91. The summed E-state index contributed by atoms with van der Waals surface area (Å²) in [6.07, 6.45) is -0.508. The largest absolute Gasteiger partial charge is 0.382 e. The monoisotopic (exact) mass is 353 g/mol. The van der Waals surface area contributed by atoms with Gasteiger partial charge in [0.15, 0.2) is 0 Å². The molecule has 1 saturated heterocycles. The van der Waals surface area contributed by atoms with Gasteiger partial charge in [-0.3, -0.25) is 0 Å². The summed E-state index contributed by atoms with van der Waals surface area (Å²) >= 11 is 1.26. The van der Waals surface area contributed by atoms with Gasteiger partial charge < -0.3 is 10.0 Å². The van der Waals surface area contributed by atoms with Crippen molar-refractivity contribution in [3.63, 3.8) is 0 Å². The molecule has 2 aromatic rings. The van der Waals surface area contributed by atoms with Gasteiger partial charge in [0, 0.05) is 0 Å². The Labute approximate surface area is 140 Å². The maximum atomic E-state index is 12.5. The summed E-state index contributed by atoms with van der Waals surface area (Å²) in [4.78, 5) is 1.24. The maximum Gasteiger partial charge on any atom is 0.252 e. The molecule has 3 rings (SSSR count). The van der Waals surface area contributed by atoms with Crippen LogP contribution in [0.3, 0.4) is 0 Å². The van der Waals surface area contributed by atoms with Crippen LogP contribution in [0.5, 0.6) is 0 Å². The first-order valence-electron chi connectivity index (χ1n) is 7.67. The minimum atomic E-state index is -3.35. The van der Waals surface area contributed by atoms with Crippen LogP contribution >= 0.6 is 11.3 Å². The molecular weight excluding hydrogens is 332 g/mol. The molecule has 2 N–H and O–H groups in total. The zero-order chi connectivity index (χ0) is 16.3. The summed E-state index contributed by atoms with van der Waals surface area (Å²) in [5, 5.41) is 12.1. The van der Waals surface area contributed by atoms with Crippen LogP contribution in [-0.4, -0.2) is 50.6 Å². The van der Waals surface area contributed by atoms with Crippen LogP contribution < -0.4 is 4.90 Å². The molecule has 1 aliphatic rings. The van der Waals surface area contributed by atoms with Gasteiger partial charge in [0.25, 0.3) is 10.0 Å². The second kappa shape index (κ2) is 7.11. The fourth-order valence-electron chi connectivity index (χ4n) is 2.85. The van der Waals surface area contributed by atoms with Gasteiger partial charge in [-0.1, -0.05) is 36.4 Å². The molecule has 1 fully saturated rings. The van der Waals surface area contributed by atoms with E-state index in [1.54, 1.807) is 21.8 Å². The van der Waals surface area contributed by atoms with Gasteiger partial charge in [-0.25, -0.2) is 8.42 Å². The lowest BCUT2D eigenvalue weighted by Crippen LogP contribution is -3.15. The van der Waals surface area contributed by atoms with E-state index in [0.717, 1.165) is 5.56 Å². The average molecular weight is 353 g/mol. The molecule has 23 heavy (non-hydrogen) atoms. The molecule has 5 nitrogen and oxygen atoms in total. The van der Waals surface area contributed by atoms with E-state index in [1.165, 1.54) is 16.2 Å². The molecule has 1 aromatic heterocycles. The van der Waals surface area contributed by atoms with Gasteiger partial charge in [0.1, 0.15) is 16.9 Å². The molecule has 124 valence electrons. The Morgan fingerprint density at radius 3 is 2.43 bits per heavy atom. The topological polar surface area (TPSA) is 62.0 Å². The third-order valence-corrected chi connectivity index (χ3v) is 7.46. The predicted octanol–water partition coefficient (Wildman–Crippen LogP) is 0.371. The van der Waals surface area contributed by atoms with E-state index in [4.69, 9.17) is 0 Å². The Morgan fingerprint density at radius 1 is 1.13 bits per heavy atom. The predicted molar refractivity (Wildman–Crippen MR) is 90.0 cm³/mol. The fourth-order valence-corrected chi connectivity index (χ4v) is 5.44. The number of hydrogen-bond acceptors (Lipinski definition) is 4. The number of aliphatic hydroxyl groups excluding tert-OH is 1. The number of rotatable bonds is 5. The summed E-state index contributed by atoms with van der Waals surface area (Å²) in [6, 6.07) is 13.0. The number of thiophene rings is 1. The van der Waals surface area contributed by atoms with Crippen molar-refractivity contribution in [1.29, 1.82) is 0 Å². The van der Waals surface area contributed by atoms with Crippen molar-refractivity contribution >= 4 is 21.4 Å². The molecule has 1 atom stereocenters. The molecule has 0 saturated carbocycles. The molecule has 0 amide bonds. The number of benzene rings is 1. The molecule has 7 heteroatoms. The summed E-state index contributed by atoms with van der Waals surface area (Å²) < 4.78 is 26.9. The summed E-state index contributed by atoms with van der Waals surface area (Å²) in [5.74, 6) is 0. The first-order chi connectivity index (χ1) is 11.1. The van der Waals surface area contributed by atoms with Crippen molar-refractivity contribution in [3.8, 4) is 0 Å². The van der Waals surface area contributed by atoms with Crippen molar-refractivity contribution in [2.45, 2.75) is 10.3 Å². The van der Waals surface area contributed by atoms with Crippen LogP contribution in [0.4, 0.5) is 0 Å².